The number of nitrogens with one attached hydrogen (secondary N) is 1. The fourth-order valence-corrected chi connectivity index (χ4v) is 2.17. The Balaban J connectivity index is 1.80. The predicted octanol–water partition coefficient (Wildman–Crippen LogP) is 3.08. The van der Waals surface area contributed by atoms with Crippen LogP contribution >= 0.6 is 11.6 Å². The van der Waals surface area contributed by atoms with Crippen molar-refractivity contribution in [3.05, 3.63) is 60.0 Å². The van der Waals surface area contributed by atoms with E-state index in [1.54, 1.807) is 16.9 Å². The van der Waals surface area contributed by atoms with E-state index in [-0.39, 0.29) is 0 Å². The second kappa shape index (κ2) is 5.28. The van der Waals surface area contributed by atoms with E-state index in [2.05, 4.69) is 27.5 Å². The zero-order valence-electron chi connectivity index (χ0n) is 10.3. The van der Waals surface area contributed by atoms with E-state index in [1.165, 1.54) is 5.56 Å². The Bertz CT molecular complexity index is 692. The maximum absolute atomic E-state index is 5.84. The molecule has 0 aliphatic heterocycles. The highest BCUT2D eigenvalue weighted by Gasteiger charge is 2.02. The highest BCUT2D eigenvalue weighted by Crippen LogP contribution is 2.14. The number of alkyl halides is 1. The molecule has 1 N–H and O–H groups in total. The van der Waals surface area contributed by atoms with Gasteiger partial charge in [0.1, 0.15) is 5.52 Å². The van der Waals surface area contributed by atoms with Crippen molar-refractivity contribution in [3.8, 4) is 0 Å². The first-order chi connectivity index (χ1) is 9.36. The summed E-state index contributed by atoms with van der Waals surface area (Å²) in [4.78, 5) is 4.34. The number of rotatable bonds is 4. The summed E-state index contributed by atoms with van der Waals surface area (Å²) in [5.41, 5.74) is 3.27. The molecule has 3 aromatic rings. The van der Waals surface area contributed by atoms with Crippen LogP contribution in [-0.2, 0) is 12.4 Å². The molecular weight excluding hydrogens is 260 g/mol. The zero-order chi connectivity index (χ0) is 13.1. The van der Waals surface area contributed by atoms with E-state index in [9.17, 15) is 0 Å². The first-order valence-electron chi connectivity index (χ1n) is 6.03. The Labute approximate surface area is 116 Å². The molecule has 96 valence electrons. The molecule has 3 rings (SSSR count). The summed E-state index contributed by atoms with van der Waals surface area (Å²) < 4.78 is 1.80. The van der Waals surface area contributed by atoms with Gasteiger partial charge in [-0.1, -0.05) is 24.3 Å². The molecule has 0 unspecified atom stereocenters. The fraction of sp³-hybridized carbons (Fsp3) is 0.143. The molecule has 1 aromatic carbocycles. The van der Waals surface area contributed by atoms with Gasteiger partial charge in [-0.25, -0.2) is 9.50 Å². The van der Waals surface area contributed by atoms with Gasteiger partial charge in [0.25, 0.3) is 0 Å². The van der Waals surface area contributed by atoms with Gasteiger partial charge in [0.2, 0.25) is 0 Å². The van der Waals surface area contributed by atoms with E-state index < -0.39 is 0 Å². The van der Waals surface area contributed by atoms with Crippen molar-refractivity contribution < 1.29 is 0 Å². The third-order valence-electron chi connectivity index (χ3n) is 2.93. The van der Waals surface area contributed by atoms with Crippen LogP contribution in [0.25, 0.3) is 5.52 Å². The summed E-state index contributed by atoms with van der Waals surface area (Å²) in [6, 6.07) is 10.1. The van der Waals surface area contributed by atoms with E-state index in [0.29, 0.717) is 12.4 Å². The second-order valence-corrected chi connectivity index (χ2v) is 4.51. The van der Waals surface area contributed by atoms with Crippen molar-refractivity contribution in [2.45, 2.75) is 12.4 Å². The van der Waals surface area contributed by atoms with Gasteiger partial charge in [-0.15, -0.1) is 11.6 Å². The molecule has 19 heavy (non-hydrogen) atoms. The van der Waals surface area contributed by atoms with Gasteiger partial charge in [0.15, 0.2) is 5.82 Å². The molecule has 0 saturated heterocycles. The number of aromatic nitrogens is 3. The molecule has 5 heteroatoms. The van der Waals surface area contributed by atoms with Crippen LogP contribution in [0, 0.1) is 0 Å². The summed E-state index contributed by atoms with van der Waals surface area (Å²) in [7, 11) is 0. The van der Waals surface area contributed by atoms with Crippen molar-refractivity contribution in [2.75, 3.05) is 5.32 Å². The smallest absolute Gasteiger partial charge is 0.152 e. The normalized spacial score (nSPS) is 10.8. The maximum Gasteiger partial charge on any atom is 0.152 e. The number of fused-ring (bicyclic) bond motifs is 1. The van der Waals surface area contributed by atoms with Gasteiger partial charge in [-0.05, 0) is 17.2 Å². The molecule has 0 aliphatic carbocycles. The number of anilines is 1. The van der Waals surface area contributed by atoms with E-state index in [4.69, 9.17) is 11.6 Å². The Hall–Kier alpha value is -2.07. The lowest BCUT2D eigenvalue weighted by Gasteiger charge is -2.07. The minimum atomic E-state index is 0.532. The summed E-state index contributed by atoms with van der Waals surface area (Å²) in [6.07, 6.45) is 5.32. The maximum atomic E-state index is 5.84. The summed E-state index contributed by atoms with van der Waals surface area (Å²) in [5, 5.41) is 7.51. The third kappa shape index (κ3) is 2.53. The van der Waals surface area contributed by atoms with E-state index in [0.717, 1.165) is 16.9 Å². The molecule has 0 aliphatic rings. The van der Waals surface area contributed by atoms with Crippen LogP contribution < -0.4 is 5.32 Å². The minimum Gasteiger partial charge on any atom is -0.364 e. The lowest BCUT2D eigenvalue weighted by atomic mass is 10.1. The van der Waals surface area contributed by atoms with E-state index in [1.807, 2.05) is 24.4 Å². The minimum absolute atomic E-state index is 0.532. The summed E-state index contributed by atoms with van der Waals surface area (Å²) in [6.45, 7) is 0.711. The molecule has 0 spiro atoms. The van der Waals surface area contributed by atoms with Crippen LogP contribution in [0.15, 0.2) is 48.9 Å². The van der Waals surface area contributed by atoms with Crippen molar-refractivity contribution in [3.63, 3.8) is 0 Å². The predicted molar refractivity (Wildman–Crippen MR) is 76.3 cm³/mol. The molecule has 0 bridgehead atoms. The molecule has 0 radical (unpaired) electrons. The molecule has 0 amide bonds. The first-order valence-corrected chi connectivity index (χ1v) is 6.56. The van der Waals surface area contributed by atoms with Gasteiger partial charge >= 0.3 is 0 Å². The average molecular weight is 273 g/mol. The van der Waals surface area contributed by atoms with E-state index >= 15 is 0 Å². The second-order valence-electron chi connectivity index (χ2n) is 4.24. The molecule has 2 aromatic heterocycles. The van der Waals surface area contributed by atoms with Crippen LogP contribution in [-0.4, -0.2) is 14.6 Å². The molecular formula is C14H13ClN4. The number of benzene rings is 1. The topological polar surface area (TPSA) is 42.2 Å². The van der Waals surface area contributed by atoms with Crippen LogP contribution in [0.2, 0.25) is 0 Å². The SMILES string of the molecule is ClCc1cccc(CNc2nccn3nccc23)c1. The summed E-state index contributed by atoms with van der Waals surface area (Å²) >= 11 is 5.84. The highest BCUT2D eigenvalue weighted by atomic mass is 35.5. The molecule has 0 saturated carbocycles. The number of nitrogens with zero attached hydrogens (tertiary/aromatic N) is 3. The fourth-order valence-electron chi connectivity index (χ4n) is 2.00. The lowest BCUT2D eigenvalue weighted by Crippen LogP contribution is -2.03. The third-order valence-corrected chi connectivity index (χ3v) is 3.24. The molecule has 0 fully saturated rings. The number of halogens is 1. The monoisotopic (exact) mass is 272 g/mol. The quantitative estimate of drug-likeness (QED) is 0.742. The van der Waals surface area contributed by atoms with Crippen LogP contribution in [0.3, 0.4) is 0 Å². The Morgan fingerprint density at radius 2 is 2.05 bits per heavy atom. The van der Waals surface area contributed by atoms with Crippen molar-refractivity contribution in [1.29, 1.82) is 0 Å². The zero-order valence-corrected chi connectivity index (χ0v) is 11.0. The van der Waals surface area contributed by atoms with Crippen molar-refractivity contribution >= 4 is 22.9 Å². The molecule has 0 atom stereocenters. The summed E-state index contributed by atoms with van der Waals surface area (Å²) in [5.74, 6) is 1.36. The van der Waals surface area contributed by atoms with Gasteiger partial charge < -0.3 is 5.32 Å². The average Bonchev–Trinajstić information content (AvgIpc) is 2.94. The largest absolute Gasteiger partial charge is 0.364 e. The van der Waals surface area contributed by atoms with Gasteiger partial charge in [-0.2, -0.15) is 5.10 Å². The number of hydrogen-bond donors (Lipinski definition) is 1. The molecule has 2 heterocycles. The Kier molecular flexibility index (Phi) is 3.33. The van der Waals surface area contributed by atoms with Gasteiger partial charge in [0, 0.05) is 24.8 Å². The Morgan fingerprint density at radius 3 is 2.95 bits per heavy atom. The standard InChI is InChI=1S/C14H13ClN4/c15-9-11-2-1-3-12(8-11)10-17-14-13-4-5-18-19(13)7-6-16-14/h1-8H,9-10H2,(H,16,17). The van der Waals surface area contributed by atoms with Crippen LogP contribution in [0.1, 0.15) is 11.1 Å². The van der Waals surface area contributed by atoms with Gasteiger partial charge in [-0.3, -0.25) is 0 Å². The first kappa shape index (κ1) is 12.0. The lowest BCUT2D eigenvalue weighted by molar-refractivity contribution is 0.942. The molecule has 4 nitrogen and oxygen atoms in total. The van der Waals surface area contributed by atoms with Gasteiger partial charge in [0.05, 0.1) is 6.20 Å². The number of hydrogen-bond acceptors (Lipinski definition) is 3. The van der Waals surface area contributed by atoms with Crippen molar-refractivity contribution in [2.24, 2.45) is 0 Å². The highest BCUT2D eigenvalue weighted by molar-refractivity contribution is 6.17. The van der Waals surface area contributed by atoms with Crippen LogP contribution in [0.5, 0.6) is 0 Å². The Morgan fingerprint density at radius 1 is 1.16 bits per heavy atom. The van der Waals surface area contributed by atoms with Crippen molar-refractivity contribution in [1.82, 2.24) is 14.6 Å². The van der Waals surface area contributed by atoms with Crippen LogP contribution in [0.4, 0.5) is 5.82 Å².